The van der Waals surface area contributed by atoms with Gasteiger partial charge in [-0.3, -0.25) is 19.2 Å². The van der Waals surface area contributed by atoms with E-state index in [4.69, 9.17) is 4.42 Å². The van der Waals surface area contributed by atoms with Crippen LogP contribution in [0.5, 0.6) is 0 Å². The summed E-state index contributed by atoms with van der Waals surface area (Å²) in [6.07, 6.45) is 8.71. The zero-order chi connectivity index (χ0) is 24.6. The summed E-state index contributed by atoms with van der Waals surface area (Å²) in [5.74, 6) is -2.19. The number of aromatic nitrogens is 2. The van der Waals surface area contributed by atoms with Gasteiger partial charge in [0, 0.05) is 18.2 Å². The van der Waals surface area contributed by atoms with E-state index in [0.717, 1.165) is 55.6 Å². The van der Waals surface area contributed by atoms with Gasteiger partial charge in [-0.2, -0.15) is 5.10 Å². The van der Waals surface area contributed by atoms with Gasteiger partial charge in [-0.25, -0.2) is 8.78 Å². The summed E-state index contributed by atoms with van der Waals surface area (Å²) in [6, 6.07) is 7.96. The van der Waals surface area contributed by atoms with Crippen LogP contribution in [-0.2, 0) is 11.3 Å². The summed E-state index contributed by atoms with van der Waals surface area (Å²) < 4.78 is 35.6. The van der Waals surface area contributed by atoms with Crippen LogP contribution in [0.2, 0.25) is 0 Å². The maximum Gasteiger partial charge on any atom is 0.277 e. The minimum atomic E-state index is -1.49. The molecule has 0 spiro atoms. The molecule has 2 aliphatic rings. The van der Waals surface area contributed by atoms with Crippen molar-refractivity contribution < 1.29 is 22.8 Å². The van der Waals surface area contributed by atoms with Crippen molar-refractivity contribution in [3.8, 4) is 11.5 Å². The van der Waals surface area contributed by atoms with Crippen molar-refractivity contribution in [3.63, 3.8) is 0 Å². The van der Waals surface area contributed by atoms with Crippen LogP contribution >= 0.6 is 0 Å². The second kappa shape index (κ2) is 9.28. The van der Waals surface area contributed by atoms with Crippen molar-refractivity contribution in [2.24, 2.45) is 0 Å². The fourth-order valence-electron chi connectivity index (χ4n) is 5.11. The lowest BCUT2D eigenvalue weighted by atomic mass is 9.91. The van der Waals surface area contributed by atoms with E-state index in [1.54, 1.807) is 25.1 Å². The molecule has 5 rings (SSSR count). The largest absolute Gasteiger partial charge is 0.463 e. The third kappa shape index (κ3) is 4.35. The number of halogens is 2. The van der Waals surface area contributed by atoms with Gasteiger partial charge in [0.25, 0.3) is 5.91 Å². The number of hydrogen-bond acceptors (Lipinski definition) is 4. The minimum absolute atomic E-state index is 0.00412. The predicted octanol–water partition coefficient (Wildman–Crippen LogP) is 5.07. The van der Waals surface area contributed by atoms with Crippen LogP contribution in [0.3, 0.4) is 0 Å². The standard InChI is InChI=1S/C26H28F2N4O3/c1-26(25(34)29-18-8-5-3-2-4-6-9-18)16-31-22(15-20(30-31)23-10-7-13-35-23)24(33)32(26)21-12-11-17(27)14-19(21)28/h7,10-15,18H,2-6,8-9,16H2,1H3,(H,29,34)/t26-/m1/s1. The van der Waals surface area contributed by atoms with Crippen molar-refractivity contribution >= 4 is 17.5 Å². The number of rotatable bonds is 4. The Morgan fingerprint density at radius 2 is 1.86 bits per heavy atom. The van der Waals surface area contributed by atoms with Crippen molar-refractivity contribution in [1.82, 2.24) is 15.1 Å². The molecule has 1 N–H and O–H groups in total. The van der Waals surface area contributed by atoms with Gasteiger partial charge in [-0.05, 0) is 44.0 Å². The van der Waals surface area contributed by atoms with Crippen molar-refractivity contribution in [2.45, 2.75) is 70.0 Å². The highest BCUT2D eigenvalue weighted by Crippen LogP contribution is 2.36. The molecule has 0 bridgehead atoms. The van der Waals surface area contributed by atoms with Gasteiger partial charge in [-0.15, -0.1) is 0 Å². The normalized spacial score (nSPS) is 21.3. The van der Waals surface area contributed by atoms with Gasteiger partial charge in [0.15, 0.2) is 5.76 Å². The number of carbonyl (C=O) groups excluding carboxylic acids is 2. The number of hydrogen-bond donors (Lipinski definition) is 1. The van der Waals surface area contributed by atoms with Gasteiger partial charge in [0.1, 0.15) is 28.6 Å². The summed E-state index contributed by atoms with van der Waals surface area (Å²) >= 11 is 0. The zero-order valence-electron chi connectivity index (χ0n) is 19.6. The second-order valence-corrected chi connectivity index (χ2v) is 9.58. The number of carbonyl (C=O) groups is 2. The quantitative estimate of drug-likeness (QED) is 0.563. The molecule has 1 atom stereocenters. The molecule has 0 saturated heterocycles. The lowest BCUT2D eigenvalue weighted by Gasteiger charge is -2.43. The van der Waals surface area contributed by atoms with E-state index in [9.17, 15) is 18.4 Å². The molecule has 2 amide bonds. The third-order valence-corrected chi connectivity index (χ3v) is 7.01. The molecule has 3 aromatic rings. The molecule has 7 nitrogen and oxygen atoms in total. The Balaban J connectivity index is 1.55. The molecule has 35 heavy (non-hydrogen) atoms. The summed E-state index contributed by atoms with van der Waals surface area (Å²) in [5, 5.41) is 7.63. The average molecular weight is 483 g/mol. The highest BCUT2D eigenvalue weighted by molar-refractivity contribution is 6.12. The Hall–Kier alpha value is -3.49. The van der Waals surface area contributed by atoms with Crippen LogP contribution in [0, 0.1) is 11.6 Å². The molecule has 1 aliphatic heterocycles. The summed E-state index contributed by atoms with van der Waals surface area (Å²) in [7, 11) is 0. The molecule has 1 saturated carbocycles. The molecule has 0 radical (unpaired) electrons. The lowest BCUT2D eigenvalue weighted by Crippen LogP contribution is -2.65. The predicted molar refractivity (Wildman–Crippen MR) is 126 cm³/mol. The Kier molecular flexibility index (Phi) is 6.17. The first-order valence-electron chi connectivity index (χ1n) is 12.1. The van der Waals surface area contributed by atoms with Gasteiger partial charge in [-0.1, -0.05) is 32.1 Å². The van der Waals surface area contributed by atoms with E-state index in [-0.39, 0.29) is 29.9 Å². The van der Waals surface area contributed by atoms with E-state index in [1.165, 1.54) is 23.4 Å². The first kappa shape index (κ1) is 23.3. The summed E-state index contributed by atoms with van der Waals surface area (Å²) in [6.45, 7) is 1.60. The topological polar surface area (TPSA) is 80.4 Å². The number of anilines is 1. The monoisotopic (exact) mass is 482 g/mol. The number of furan rings is 1. The highest BCUT2D eigenvalue weighted by Gasteiger charge is 2.50. The van der Waals surface area contributed by atoms with Crippen molar-refractivity contribution in [1.29, 1.82) is 0 Å². The van der Waals surface area contributed by atoms with Gasteiger partial charge in [0.05, 0.1) is 18.5 Å². The van der Waals surface area contributed by atoms with Crippen LogP contribution in [0.25, 0.3) is 11.5 Å². The molecule has 184 valence electrons. The maximum atomic E-state index is 15.0. The molecular weight excluding hydrogens is 454 g/mol. The van der Waals surface area contributed by atoms with Crippen molar-refractivity contribution in [3.05, 3.63) is 60.0 Å². The van der Waals surface area contributed by atoms with E-state index in [2.05, 4.69) is 10.4 Å². The zero-order valence-corrected chi connectivity index (χ0v) is 19.6. The third-order valence-electron chi connectivity index (χ3n) is 7.01. The first-order valence-corrected chi connectivity index (χ1v) is 12.1. The highest BCUT2D eigenvalue weighted by atomic mass is 19.1. The van der Waals surface area contributed by atoms with E-state index < -0.39 is 23.1 Å². The van der Waals surface area contributed by atoms with E-state index in [0.29, 0.717) is 11.5 Å². The molecule has 3 heterocycles. The van der Waals surface area contributed by atoms with Gasteiger partial charge in [0.2, 0.25) is 5.91 Å². The van der Waals surface area contributed by atoms with Crippen molar-refractivity contribution in [2.75, 3.05) is 4.90 Å². The Morgan fingerprint density at radius 1 is 1.11 bits per heavy atom. The Bertz CT molecular complexity index is 1230. The molecule has 1 fully saturated rings. The second-order valence-electron chi connectivity index (χ2n) is 9.58. The summed E-state index contributed by atoms with van der Waals surface area (Å²) in [5.41, 5.74) is -1.02. The number of amides is 2. The summed E-state index contributed by atoms with van der Waals surface area (Å²) in [4.78, 5) is 28.7. The minimum Gasteiger partial charge on any atom is -0.463 e. The molecule has 1 aromatic carbocycles. The smallest absolute Gasteiger partial charge is 0.277 e. The average Bonchev–Trinajstić information content (AvgIpc) is 3.47. The van der Waals surface area contributed by atoms with Crippen LogP contribution in [0.4, 0.5) is 14.5 Å². The Labute approximate surface area is 202 Å². The number of fused-ring (bicyclic) bond motifs is 1. The lowest BCUT2D eigenvalue weighted by molar-refractivity contribution is -0.127. The van der Waals surface area contributed by atoms with Gasteiger partial charge >= 0.3 is 0 Å². The fourth-order valence-corrected chi connectivity index (χ4v) is 5.11. The fraction of sp³-hybridized carbons (Fsp3) is 0.423. The van der Waals surface area contributed by atoms with Crippen LogP contribution < -0.4 is 10.2 Å². The van der Waals surface area contributed by atoms with E-state index >= 15 is 0 Å². The molecule has 0 unspecified atom stereocenters. The van der Waals surface area contributed by atoms with Crippen LogP contribution in [-0.4, -0.2) is 33.2 Å². The van der Waals surface area contributed by atoms with Crippen LogP contribution in [0.15, 0.2) is 47.1 Å². The first-order chi connectivity index (χ1) is 16.9. The number of nitrogens with zero attached hydrogens (tertiary/aromatic N) is 3. The number of benzene rings is 1. The molecule has 1 aliphatic carbocycles. The SMILES string of the molecule is C[C@]1(C(=O)NC2CCCCCCC2)Cn2nc(-c3ccco3)cc2C(=O)N1c1ccc(F)cc1F. The molecule has 2 aromatic heterocycles. The number of nitrogens with one attached hydrogen (secondary N) is 1. The maximum absolute atomic E-state index is 15.0. The van der Waals surface area contributed by atoms with Crippen LogP contribution in [0.1, 0.15) is 62.4 Å². The van der Waals surface area contributed by atoms with E-state index in [1.807, 2.05) is 0 Å². The Morgan fingerprint density at radius 3 is 2.54 bits per heavy atom. The molecular formula is C26H28F2N4O3. The molecule has 9 heteroatoms. The van der Waals surface area contributed by atoms with Gasteiger partial charge < -0.3 is 9.73 Å².